The Kier molecular flexibility index (Phi) is 6.97. The molecule has 0 spiro atoms. The van der Waals surface area contributed by atoms with Gasteiger partial charge in [-0.1, -0.05) is 13.3 Å². The summed E-state index contributed by atoms with van der Waals surface area (Å²) in [4.78, 5) is 4.18. The van der Waals surface area contributed by atoms with Crippen LogP contribution in [0.1, 0.15) is 31.0 Å². The molecule has 0 unspecified atom stereocenters. The molecule has 1 heterocycles. The number of halogens is 1. The fraction of sp³-hybridized carbons (Fsp3) is 0.615. The molecule has 1 aromatic heterocycles. The second kappa shape index (κ2) is 8.31. The molecule has 0 saturated heterocycles. The SMILES string of the molecule is CCCCOCCOc1cc(C)ncc1CCl. The first-order valence-corrected chi connectivity index (χ1v) is 6.53. The van der Waals surface area contributed by atoms with Crippen LogP contribution in [0, 0.1) is 6.92 Å². The second-order valence-electron chi connectivity index (χ2n) is 3.88. The van der Waals surface area contributed by atoms with Crippen molar-refractivity contribution in [1.29, 1.82) is 0 Å². The van der Waals surface area contributed by atoms with Crippen LogP contribution >= 0.6 is 11.6 Å². The van der Waals surface area contributed by atoms with E-state index >= 15 is 0 Å². The predicted octanol–water partition coefficient (Wildman–Crippen LogP) is 3.32. The number of alkyl halides is 1. The number of rotatable bonds is 8. The van der Waals surface area contributed by atoms with E-state index in [1.807, 2.05) is 13.0 Å². The van der Waals surface area contributed by atoms with E-state index in [2.05, 4.69) is 11.9 Å². The standard InChI is InChI=1S/C13H20ClNO2/c1-3-4-5-16-6-7-17-13-8-11(2)15-10-12(13)9-14/h8,10H,3-7,9H2,1-2H3. The summed E-state index contributed by atoms with van der Waals surface area (Å²) in [5.41, 5.74) is 1.85. The summed E-state index contributed by atoms with van der Waals surface area (Å²) in [6.07, 6.45) is 4.01. The molecule has 0 fully saturated rings. The molecule has 1 rings (SSSR count). The van der Waals surface area contributed by atoms with Crippen molar-refractivity contribution in [2.45, 2.75) is 32.6 Å². The van der Waals surface area contributed by atoms with Gasteiger partial charge in [-0.15, -0.1) is 11.6 Å². The largest absolute Gasteiger partial charge is 0.491 e. The zero-order valence-electron chi connectivity index (χ0n) is 10.5. The molecule has 0 bridgehead atoms. The maximum absolute atomic E-state index is 5.81. The van der Waals surface area contributed by atoms with Crippen LogP contribution in [-0.2, 0) is 10.6 Å². The number of unbranched alkanes of at least 4 members (excludes halogenated alkanes) is 1. The van der Waals surface area contributed by atoms with Crippen molar-refractivity contribution in [2.24, 2.45) is 0 Å². The third-order valence-electron chi connectivity index (χ3n) is 2.35. The molecule has 0 aliphatic rings. The minimum Gasteiger partial charge on any atom is -0.491 e. The first kappa shape index (κ1) is 14.3. The lowest BCUT2D eigenvalue weighted by Gasteiger charge is -2.10. The number of hydrogen-bond donors (Lipinski definition) is 0. The normalized spacial score (nSPS) is 10.5. The van der Waals surface area contributed by atoms with Crippen molar-refractivity contribution in [1.82, 2.24) is 4.98 Å². The highest BCUT2D eigenvalue weighted by atomic mass is 35.5. The van der Waals surface area contributed by atoms with E-state index in [0.717, 1.165) is 36.5 Å². The highest BCUT2D eigenvalue weighted by molar-refractivity contribution is 6.17. The Morgan fingerprint density at radius 1 is 1.29 bits per heavy atom. The minimum absolute atomic E-state index is 0.416. The van der Waals surface area contributed by atoms with Crippen LogP contribution in [0.4, 0.5) is 0 Å². The maximum atomic E-state index is 5.81. The van der Waals surface area contributed by atoms with Crippen LogP contribution in [-0.4, -0.2) is 24.8 Å². The van der Waals surface area contributed by atoms with E-state index in [-0.39, 0.29) is 0 Å². The van der Waals surface area contributed by atoms with Gasteiger partial charge in [0.05, 0.1) is 12.5 Å². The molecule has 4 heteroatoms. The van der Waals surface area contributed by atoms with Crippen molar-refractivity contribution in [3.8, 4) is 5.75 Å². The van der Waals surface area contributed by atoms with Gasteiger partial charge in [0.25, 0.3) is 0 Å². The van der Waals surface area contributed by atoms with Gasteiger partial charge in [0.1, 0.15) is 12.4 Å². The Morgan fingerprint density at radius 3 is 2.82 bits per heavy atom. The number of nitrogens with zero attached hydrogens (tertiary/aromatic N) is 1. The highest BCUT2D eigenvalue weighted by Crippen LogP contribution is 2.20. The molecule has 0 amide bonds. The molecular weight excluding hydrogens is 238 g/mol. The Bertz CT molecular complexity index is 331. The molecule has 1 aromatic rings. The molecule has 0 saturated carbocycles. The van der Waals surface area contributed by atoms with Crippen LogP contribution in [0.5, 0.6) is 5.75 Å². The number of aryl methyl sites for hydroxylation is 1. The van der Waals surface area contributed by atoms with Crippen molar-refractivity contribution in [2.75, 3.05) is 19.8 Å². The number of aromatic nitrogens is 1. The Morgan fingerprint density at radius 2 is 2.12 bits per heavy atom. The van der Waals surface area contributed by atoms with Crippen LogP contribution in [0.15, 0.2) is 12.3 Å². The fourth-order valence-corrected chi connectivity index (χ4v) is 1.56. The van der Waals surface area contributed by atoms with Gasteiger partial charge < -0.3 is 9.47 Å². The quantitative estimate of drug-likeness (QED) is 0.529. The first-order valence-electron chi connectivity index (χ1n) is 6.00. The number of hydrogen-bond acceptors (Lipinski definition) is 3. The van der Waals surface area contributed by atoms with Crippen molar-refractivity contribution < 1.29 is 9.47 Å². The molecule has 96 valence electrons. The Labute approximate surface area is 108 Å². The van der Waals surface area contributed by atoms with Gasteiger partial charge in [-0.05, 0) is 13.3 Å². The van der Waals surface area contributed by atoms with Crippen molar-refractivity contribution >= 4 is 11.6 Å². The summed E-state index contributed by atoms with van der Waals surface area (Å²) >= 11 is 5.81. The molecule has 17 heavy (non-hydrogen) atoms. The van der Waals surface area contributed by atoms with E-state index in [4.69, 9.17) is 21.1 Å². The zero-order valence-corrected chi connectivity index (χ0v) is 11.3. The van der Waals surface area contributed by atoms with Gasteiger partial charge in [-0.3, -0.25) is 4.98 Å². The van der Waals surface area contributed by atoms with Crippen LogP contribution < -0.4 is 4.74 Å². The molecule has 0 aliphatic carbocycles. The maximum Gasteiger partial charge on any atom is 0.127 e. The molecule has 3 nitrogen and oxygen atoms in total. The summed E-state index contributed by atoms with van der Waals surface area (Å²) in [7, 11) is 0. The summed E-state index contributed by atoms with van der Waals surface area (Å²) in [6, 6.07) is 1.91. The fourth-order valence-electron chi connectivity index (χ4n) is 1.36. The van der Waals surface area contributed by atoms with Crippen LogP contribution in [0.3, 0.4) is 0 Å². The summed E-state index contributed by atoms with van der Waals surface area (Å²) in [6.45, 7) is 6.05. The van der Waals surface area contributed by atoms with E-state index in [1.165, 1.54) is 0 Å². The molecule has 0 atom stereocenters. The van der Waals surface area contributed by atoms with E-state index in [1.54, 1.807) is 6.20 Å². The lowest BCUT2D eigenvalue weighted by atomic mass is 10.2. The minimum atomic E-state index is 0.416. The molecule has 0 N–H and O–H groups in total. The number of pyridine rings is 1. The Balaban J connectivity index is 2.32. The zero-order chi connectivity index (χ0) is 12.5. The van der Waals surface area contributed by atoms with E-state index in [0.29, 0.717) is 19.1 Å². The smallest absolute Gasteiger partial charge is 0.127 e. The van der Waals surface area contributed by atoms with E-state index < -0.39 is 0 Å². The average Bonchev–Trinajstić information content (AvgIpc) is 2.34. The molecular formula is C13H20ClNO2. The molecule has 0 aliphatic heterocycles. The highest BCUT2D eigenvalue weighted by Gasteiger charge is 2.03. The predicted molar refractivity (Wildman–Crippen MR) is 69.8 cm³/mol. The monoisotopic (exact) mass is 257 g/mol. The van der Waals surface area contributed by atoms with Gasteiger partial charge in [0.2, 0.25) is 0 Å². The molecule has 0 radical (unpaired) electrons. The summed E-state index contributed by atoms with van der Waals surface area (Å²) in [5, 5.41) is 0. The summed E-state index contributed by atoms with van der Waals surface area (Å²) < 4.78 is 11.1. The summed E-state index contributed by atoms with van der Waals surface area (Å²) in [5.74, 6) is 1.23. The van der Waals surface area contributed by atoms with Gasteiger partial charge in [-0.25, -0.2) is 0 Å². The Hall–Kier alpha value is -0.800. The van der Waals surface area contributed by atoms with Gasteiger partial charge in [0, 0.05) is 30.1 Å². The van der Waals surface area contributed by atoms with Crippen LogP contribution in [0.2, 0.25) is 0 Å². The third-order valence-corrected chi connectivity index (χ3v) is 2.64. The third kappa shape index (κ3) is 5.37. The lowest BCUT2D eigenvalue weighted by molar-refractivity contribution is 0.0977. The van der Waals surface area contributed by atoms with Crippen LogP contribution in [0.25, 0.3) is 0 Å². The van der Waals surface area contributed by atoms with Crippen molar-refractivity contribution in [3.63, 3.8) is 0 Å². The number of ether oxygens (including phenoxy) is 2. The molecule has 0 aromatic carbocycles. The van der Waals surface area contributed by atoms with Gasteiger partial charge in [-0.2, -0.15) is 0 Å². The van der Waals surface area contributed by atoms with E-state index in [9.17, 15) is 0 Å². The second-order valence-corrected chi connectivity index (χ2v) is 4.15. The first-order chi connectivity index (χ1) is 8.27. The van der Waals surface area contributed by atoms with Gasteiger partial charge in [0.15, 0.2) is 0 Å². The van der Waals surface area contributed by atoms with Gasteiger partial charge >= 0.3 is 0 Å². The lowest BCUT2D eigenvalue weighted by Crippen LogP contribution is -2.08. The average molecular weight is 258 g/mol. The van der Waals surface area contributed by atoms with Crippen molar-refractivity contribution in [3.05, 3.63) is 23.5 Å². The topological polar surface area (TPSA) is 31.4 Å².